The molecule has 0 aliphatic heterocycles. The molecule has 4 heteroatoms. The first-order valence-corrected chi connectivity index (χ1v) is 2.95. The predicted molar refractivity (Wildman–Crippen MR) is 42.1 cm³/mol. The van der Waals surface area contributed by atoms with Gasteiger partial charge in [0.1, 0.15) is 0 Å². The molecule has 12 heavy (non-hydrogen) atoms. The predicted octanol–water partition coefficient (Wildman–Crippen LogP) is 0.877. The lowest BCUT2D eigenvalue weighted by atomic mass is 10.3. The van der Waals surface area contributed by atoms with Gasteiger partial charge in [-0.25, -0.2) is 9.78 Å². The van der Waals surface area contributed by atoms with Crippen LogP contribution in [0.3, 0.4) is 0 Å². The van der Waals surface area contributed by atoms with Gasteiger partial charge in [-0.3, -0.25) is 0 Å². The first-order valence-electron chi connectivity index (χ1n) is 5.95. The fraction of sp³-hybridized carbons (Fsp3) is 0.250. The van der Waals surface area contributed by atoms with E-state index in [0.29, 0.717) is 0 Å². The van der Waals surface area contributed by atoms with Crippen molar-refractivity contribution in [1.29, 1.82) is 0 Å². The highest BCUT2D eigenvalue weighted by Crippen LogP contribution is 2.06. The van der Waals surface area contributed by atoms with Gasteiger partial charge in [-0.15, -0.1) is 0 Å². The molecular weight excluding hydrogens is 158 g/mol. The SMILES string of the molecule is [2H]C([2H])([2H])OC(=O)c1ccc(OC([2H])([2H])[2H])nc1. The molecule has 0 aliphatic carbocycles. The number of hydrogen-bond acceptors (Lipinski definition) is 4. The Morgan fingerprint density at radius 3 is 3.08 bits per heavy atom. The van der Waals surface area contributed by atoms with E-state index in [1.807, 2.05) is 0 Å². The Hall–Kier alpha value is -1.58. The van der Waals surface area contributed by atoms with Crippen LogP contribution in [0.1, 0.15) is 18.6 Å². The summed E-state index contributed by atoms with van der Waals surface area (Å²) in [6, 6.07) is 2.28. The number of aromatic nitrogens is 1. The molecule has 0 aliphatic rings. The van der Waals surface area contributed by atoms with E-state index < -0.39 is 20.0 Å². The Morgan fingerprint density at radius 1 is 1.58 bits per heavy atom. The summed E-state index contributed by atoms with van der Waals surface area (Å²) < 4.78 is 49.3. The van der Waals surface area contributed by atoms with Gasteiger partial charge in [0.2, 0.25) is 5.88 Å². The van der Waals surface area contributed by atoms with Crippen LogP contribution in [-0.2, 0) is 4.74 Å². The largest absolute Gasteiger partial charge is 0.481 e. The molecule has 0 bridgehead atoms. The van der Waals surface area contributed by atoms with Crippen molar-refractivity contribution in [3.8, 4) is 5.88 Å². The van der Waals surface area contributed by atoms with Gasteiger partial charge in [0.25, 0.3) is 0 Å². The molecule has 0 amide bonds. The van der Waals surface area contributed by atoms with Gasteiger partial charge in [0.15, 0.2) is 0 Å². The zero-order valence-electron chi connectivity index (χ0n) is 11.9. The van der Waals surface area contributed by atoms with Crippen LogP contribution in [0.25, 0.3) is 0 Å². The minimum Gasteiger partial charge on any atom is -0.481 e. The standard InChI is InChI=1S/C8H9NO3/c1-11-7-4-3-6(5-9-7)8(10)12-2/h3-5H,1-2H3/i1D3,2D3. The summed E-state index contributed by atoms with van der Waals surface area (Å²) in [5.41, 5.74) is -0.121. The van der Waals surface area contributed by atoms with Gasteiger partial charge in [0, 0.05) is 12.3 Å². The van der Waals surface area contributed by atoms with Crippen molar-refractivity contribution in [1.82, 2.24) is 4.98 Å². The lowest BCUT2D eigenvalue weighted by molar-refractivity contribution is 0.0600. The minimum absolute atomic E-state index is 0.121. The molecule has 0 unspecified atom stereocenters. The van der Waals surface area contributed by atoms with E-state index in [2.05, 4.69) is 14.5 Å². The van der Waals surface area contributed by atoms with Gasteiger partial charge in [-0.1, -0.05) is 0 Å². The fourth-order valence-corrected chi connectivity index (χ4v) is 0.620. The Bertz CT molecular complexity index is 424. The molecule has 0 N–H and O–H groups in total. The van der Waals surface area contributed by atoms with E-state index >= 15 is 0 Å². The van der Waals surface area contributed by atoms with Crippen molar-refractivity contribution >= 4 is 5.97 Å². The van der Waals surface area contributed by atoms with Gasteiger partial charge in [-0.2, -0.15) is 0 Å². The molecule has 1 rings (SSSR count). The Labute approximate surface area is 78.6 Å². The van der Waals surface area contributed by atoms with Gasteiger partial charge < -0.3 is 9.47 Å². The van der Waals surface area contributed by atoms with E-state index in [4.69, 9.17) is 8.22 Å². The van der Waals surface area contributed by atoms with Crippen LogP contribution in [0, 0.1) is 0 Å². The zero-order chi connectivity index (χ0) is 14.0. The van der Waals surface area contributed by atoms with E-state index in [0.717, 1.165) is 18.3 Å². The number of hydrogen-bond donors (Lipinski definition) is 0. The van der Waals surface area contributed by atoms with Crippen LogP contribution in [0.15, 0.2) is 18.3 Å². The number of carbonyl (C=O) groups excluding carboxylic acids is 1. The van der Waals surface area contributed by atoms with E-state index in [9.17, 15) is 4.79 Å². The van der Waals surface area contributed by atoms with Crippen LogP contribution in [-0.4, -0.2) is 25.0 Å². The molecule has 0 saturated heterocycles. The summed E-state index contributed by atoms with van der Waals surface area (Å²) in [6.45, 7) is 0. The highest BCUT2D eigenvalue weighted by molar-refractivity contribution is 5.88. The summed E-state index contributed by atoms with van der Waals surface area (Å²) in [7, 11) is -5.49. The average Bonchev–Trinajstić information content (AvgIpc) is 2.13. The van der Waals surface area contributed by atoms with Crippen LogP contribution in [0.4, 0.5) is 0 Å². The van der Waals surface area contributed by atoms with Crippen LogP contribution >= 0.6 is 0 Å². The van der Waals surface area contributed by atoms with Crippen molar-refractivity contribution in [3.05, 3.63) is 23.9 Å². The van der Waals surface area contributed by atoms with E-state index in [1.165, 1.54) is 0 Å². The lowest BCUT2D eigenvalue weighted by Gasteiger charge is -1.99. The molecule has 0 spiro atoms. The highest BCUT2D eigenvalue weighted by Gasteiger charge is 2.04. The smallest absolute Gasteiger partial charge is 0.339 e. The highest BCUT2D eigenvalue weighted by atomic mass is 16.5. The van der Waals surface area contributed by atoms with Crippen molar-refractivity contribution < 1.29 is 22.5 Å². The summed E-state index contributed by atoms with van der Waals surface area (Å²) in [4.78, 5) is 14.8. The van der Waals surface area contributed by atoms with Crippen molar-refractivity contribution in [2.24, 2.45) is 0 Å². The van der Waals surface area contributed by atoms with Crippen molar-refractivity contribution in [3.63, 3.8) is 0 Å². The molecule has 0 fully saturated rings. The second kappa shape index (κ2) is 3.71. The monoisotopic (exact) mass is 173 g/mol. The lowest BCUT2D eigenvalue weighted by Crippen LogP contribution is -2.01. The first-order chi connectivity index (χ1) is 8.07. The third-order valence-electron chi connectivity index (χ3n) is 1.17. The maximum atomic E-state index is 11.3. The van der Waals surface area contributed by atoms with Crippen LogP contribution in [0.5, 0.6) is 5.88 Å². The van der Waals surface area contributed by atoms with Crippen LogP contribution in [0.2, 0.25) is 0 Å². The molecular formula is C8H9NO3. The summed E-state index contributed by atoms with van der Waals surface area (Å²) in [5.74, 6) is -1.29. The maximum absolute atomic E-state index is 11.3. The second-order valence-corrected chi connectivity index (χ2v) is 1.88. The quantitative estimate of drug-likeness (QED) is 0.623. The minimum atomic E-state index is -2.84. The Morgan fingerprint density at radius 2 is 2.50 bits per heavy atom. The van der Waals surface area contributed by atoms with Gasteiger partial charge in [0.05, 0.1) is 27.9 Å². The van der Waals surface area contributed by atoms with Gasteiger partial charge >= 0.3 is 5.97 Å². The van der Waals surface area contributed by atoms with Gasteiger partial charge in [-0.05, 0) is 6.07 Å². The van der Waals surface area contributed by atoms with Crippen molar-refractivity contribution in [2.45, 2.75) is 0 Å². The molecule has 1 aromatic heterocycles. The third-order valence-corrected chi connectivity index (χ3v) is 1.17. The first kappa shape index (κ1) is 3.43. The molecule has 0 aromatic carbocycles. The molecule has 4 nitrogen and oxygen atoms in total. The number of carbonyl (C=O) groups is 1. The molecule has 1 heterocycles. The third kappa shape index (κ3) is 1.72. The topological polar surface area (TPSA) is 48.4 Å². The number of rotatable bonds is 2. The van der Waals surface area contributed by atoms with E-state index in [1.54, 1.807) is 0 Å². The fourth-order valence-electron chi connectivity index (χ4n) is 0.620. The molecule has 0 radical (unpaired) electrons. The number of pyridine rings is 1. The second-order valence-electron chi connectivity index (χ2n) is 1.88. The number of ether oxygens (including phenoxy) is 2. The molecule has 0 atom stereocenters. The van der Waals surface area contributed by atoms with Crippen LogP contribution < -0.4 is 4.74 Å². The van der Waals surface area contributed by atoms with E-state index in [-0.39, 0.29) is 11.4 Å². The molecule has 64 valence electrons. The summed E-state index contributed by atoms with van der Waals surface area (Å²) in [5, 5.41) is 0. The number of nitrogens with zero attached hydrogens (tertiary/aromatic N) is 1. The summed E-state index contributed by atoms with van der Waals surface area (Å²) >= 11 is 0. The van der Waals surface area contributed by atoms with Crippen molar-refractivity contribution in [2.75, 3.05) is 14.1 Å². The normalized spacial score (nSPS) is 18.7. The average molecular weight is 173 g/mol. The number of esters is 1. The maximum Gasteiger partial charge on any atom is 0.339 e. The Balaban J connectivity index is 2.74. The summed E-state index contributed by atoms with van der Waals surface area (Å²) in [6.07, 6.45) is 0.967. The molecule has 1 aromatic rings. The number of methoxy groups -OCH3 is 2. The Kier molecular flexibility index (Phi) is 1.06. The zero-order valence-corrected chi connectivity index (χ0v) is 5.90. The molecule has 0 saturated carbocycles.